The average Bonchev–Trinajstić information content (AvgIpc) is 2.58. The van der Waals surface area contributed by atoms with Crippen molar-refractivity contribution in [2.75, 3.05) is 0 Å². The molecule has 2 aromatic rings. The van der Waals surface area contributed by atoms with E-state index in [1.54, 1.807) is 12.1 Å². The van der Waals surface area contributed by atoms with Gasteiger partial charge in [0.05, 0.1) is 0 Å². The molecule has 24 heavy (non-hydrogen) atoms. The summed E-state index contributed by atoms with van der Waals surface area (Å²) in [7, 11) is 0. The molecule has 0 aromatic heterocycles. The van der Waals surface area contributed by atoms with Gasteiger partial charge in [0, 0.05) is 11.8 Å². The SMILES string of the molecule is Fc1cccc2c1OC13Oc4c(F)cccc4CC1CCCC3C2. The summed E-state index contributed by atoms with van der Waals surface area (Å²) in [4.78, 5) is 0. The lowest BCUT2D eigenvalue weighted by Crippen LogP contribution is -2.61. The Morgan fingerprint density at radius 1 is 0.792 bits per heavy atom. The van der Waals surface area contributed by atoms with E-state index in [1.165, 1.54) is 12.1 Å². The molecular weight excluding hydrogens is 310 g/mol. The van der Waals surface area contributed by atoms with Crippen LogP contribution in [0.15, 0.2) is 36.4 Å². The molecule has 0 saturated heterocycles. The third kappa shape index (κ3) is 1.86. The van der Waals surface area contributed by atoms with Gasteiger partial charge in [0.25, 0.3) is 5.79 Å². The molecule has 124 valence electrons. The fourth-order valence-electron chi connectivity index (χ4n) is 4.70. The second-order valence-corrected chi connectivity index (χ2v) is 7.11. The zero-order chi connectivity index (χ0) is 16.3. The Kier molecular flexibility index (Phi) is 2.94. The topological polar surface area (TPSA) is 18.5 Å². The first-order chi connectivity index (χ1) is 11.7. The summed E-state index contributed by atoms with van der Waals surface area (Å²) >= 11 is 0. The normalized spacial score (nSPS) is 30.1. The predicted octanol–water partition coefficient (Wildman–Crippen LogP) is 4.65. The molecule has 4 heteroatoms. The molecule has 1 saturated carbocycles. The van der Waals surface area contributed by atoms with Crippen molar-refractivity contribution in [1.29, 1.82) is 0 Å². The number of benzene rings is 2. The maximum absolute atomic E-state index is 14.3. The van der Waals surface area contributed by atoms with E-state index in [4.69, 9.17) is 9.47 Å². The van der Waals surface area contributed by atoms with E-state index in [2.05, 4.69) is 0 Å². The van der Waals surface area contributed by atoms with Gasteiger partial charge in [0.1, 0.15) is 0 Å². The molecule has 0 N–H and O–H groups in total. The summed E-state index contributed by atoms with van der Waals surface area (Å²) in [5.74, 6) is -0.875. The van der Waals surface area contributed by atoms with E-state index >= 15 is 0 Å². The van der Waals surface area contributed by atoms with Crippen molar-refractivity contribution < 1.29 is 18.3 Å². The van der Waals surface area contributed by atoms with Gasteiger partial charge in [-0.15, -0.1) is 0 Å². The second kappa shape index (κ2) is 4.95. The highest BCUT2D eigenvalue weighted by Crippen LogP contribution is 2.53. The summed E-state index contributed by atoms with van der Waals surface area (Å²) in [6.07, 6.45) is 4.44. The summed E-state index contributed by atoms with van der Waals surface area (Å²) in [5, 5.41) is 0. The van der Waals surface area contributed by atoms with Gasteiger partial charge in [-0.3, -0.25) is 0 Å². The van der Waals surface area contributed by atoms with Crippen molar-refractivity contribution in [3.63, 3.8) is 0 Å². The largest absolute Gasteiger partial charge is 0.448 e. The van der Waals surface area contributed by atoms with Crippen LogP contribution in [-0.2, 0) is 12.8 Å². The molecule has 0 radical (unpaired) electrons. The van der Waals surface area contributed by atoms with E-state index in [0.29, 0.717) is 12.8 Å². The van der Waals surface area contributed by atoms with Crippen molar-refractivity contribution in [2.24, 2.45) is 11.8 Å². The van der Waals surface area contributed by atoms with Crippen LogP contribution in [0.5, 0.6) is 11.5 Å². The minimum atomic E-state index is -0.942. The van der Waals surface area contributed by atoms with Crippen molar-refractivity contribution >= 4 is 0 Å². The molecule has 1 fully saturated rings. The maximum atomic E-state index is 14.3. The quantitative estimate of drug-likeness (QED) is 0.701. The molecule has 5 rings (SSSR count). The third-order valence-electron chi connectivity index (χ3n) is 5.80. The lowest BCUT2D eigenvalue weighted by Gasteiger charge is -2.53. The van der Waals surface area contributed by atoms with Crippen LogP contribution in [0.3, 0.4) is 0 Å². The van der Waals surface area contributed by atoms with Crippen LogP contribution in [0.4, 0.5) is 8.78 Å². The van der Waals surface area contributed by atoms with Gasteiger partial charge < -0.3 is 9.47 Å². The molecular formula is C20H18F2O2. The van der Waals surface area contributed by atoms with Gasteiger partial charge in [-0.05, 0) is 48.9 Å². The molecule has 2 aromatic carbocycles. The molecule has 2 unspecified atom stereocenters. The van der Waals surface area contributed by atoms with Crippen molar-refractivity contribution in [3.05, 3.63) is 59.2 Å². The summed E-state index contributed by atoms with van der Waals surface area (Å²) in [6.45, 7) is 0. The Morgan fingerprint density at radius 2 is 1.29 bits per heavy atom. The van der Waals surface area contributed by atoms with Crippen LogP contribution < -0.4 is 9.47 Å². The second-order valence-electron chi connectivity index (χ2n) is 7.11. The van der Waals surface area contributed by atoms with E-state index < -0.39 is 5.79 Å². The number of hydrogen-bond acceptors (Lipinski definition) is 2. The molecule has 1 aliphatic carbocycles. The van der Waals surface area contributed by atoms with Crippen molar-refractivity contribution in [2.45, 2.75) is 37.9 Å². The number of hydrogen-bond donors (Lipinski definition) is 0. The van der Waals surface area contributed by atoms with Gasteiger partial charge >= 0.3 is 0 Å². The first-order valence-corrected chi connectivity index (χ1v) is 8.60. The Morgan fingerprint density at radius 3 is 1.79 bits per heavy atom. The van der Waals surface area contributed by atoms with Gasteiger partial charge in [-0.1, -0.05) is 30.7 Å². The van der Waals surface area contributed by atoms with Crippen molar-refractivity contribution in [1.82, 2.24) is 0 Å². The molecule has 2 atom stereocenters. The lowest BCUT2D eigenvalue weighted by molar-refractivity contribution is -0.228. The van der Waals surface area contributed by atoms with Crippen LogP contribution in [0, 0.1) is 23.5 Å². The zero-order valence-corrected chi connectivity index (χ0v) is 13.2. The van der Waals surface area contributed by atoms with Gasteiger partial charge in [0.2, 0.25) is 0 Å². The number of halogens is 2. The van der Waals surface area contributed by atoms with Crippen LogP contribution in [-0.4, -0.2) is 5.79 Å². The third-order valence-corrected chi connectivity index (χ3v) is 5.80. The van der Waals surface area contributed by atoms with Crippen LogP contribution in [0.1, 0.15) is 30.4 Å². The lowest BCUT2D eigenvalue weighted by atomic mass is 9.68. The monoisotopic (exact) mass is 328 g/mol. The highest BCUT2D eigenvalue weighted by molar-refractivity contribution is 5.42. The number of rotatable bonds is 0. The van der Waals surface area contributed by atoms with Crippen LogP contribution >= 0.6 is 0 Å². The minimum Gasteiger partial charge on any atom is -0.448 e. The van der Waals surface area contributed by atoms with E-state index in [-0.39, 0.29) is 35.0 Å². The molecule has 2 heterocycles. The zero-order valence-electron chi connectivity index (χ0n) is 13.2. The molecule has 0 amide bonds. The molecule has 1 spiro atoms. The van der Waals surface area contributed by atoms with E-state index in [1.807, 2.05) is 12.1 Å². The van der Waals surface area contributed by atoms with Crippen molar-refractivity contribution in [3.8, 4) is 11.5 Å². The predicted molar refractivity (Wildman–Crippen MR) is 85.0 cm³/mol. The summed E-state index contributed by atoms with van der Waals surface area (Å²) in [6, 6.07) is 10.1. The minimum absolute atomic E-state index is 0.123. The van der Waals surface area contributed by atoms with Gasteiger partial charge in [-0.25, -0.2) is 8.78 Å². The van der Waals surface area contributed by atoms with Gasteiger partial charge in [0.15, 0.2) is 23.1 Å². The molecule has 3 aliphatic rings. The molecule has 0 bridgehead atoms. The highest BCUT2D eigenvalue weighted by Gasteiger charge is 2.57. The summed E-state index contributed by atoms with van der Waals surface area (Å²) < 4.78 is 41.0. The fourth-order valence-corrected chi connectivity index (χ4v) is 4.70. The number of para-hydroxylation sites is 2. The van der Waals surface area contributed by atoms with Crippen LogP contribution in [0.25, 0.3) is 0 Å². The Hall–Kier alpha value is -2.10. The smallest absolute Gasteiger partial charge is 0.257 e. The van der Waals surface area contributed by atoms with E-state index in [0.717, 1.165) is 30.4 Å². The van der Waals surface area contributed by atoms with Gasteiger partial charge in [-0.2, -0.15) is 0 Å². The summed E-state index contributed by atoms with van der Waals surface area (Å²) in [5.41, 5.74) is 1.77. The Labute approximate surface area is 139 Å². The number of fused-ring (bicyclic) bond motifs is 2. The Balaban J connectivity index is 1.65. The first-order valence-electron chi connectivity index (χ1n) is 8.60. The first kappa shape index (κ1) is 14.3. The Bertz CT molecular complexity index is 750. The number of ether oxygens (including phenoxy) is 2. The fraction of sp³-hybridized carbons (Fsp3) is 0.400. The van der Waals surface area contributed by atoms with Crippen LogP contribution in [0.2, 0.25) is 0 Å². The maximum Gasteiger partial charge on any atom is 0.257 e. The molecule has 2 aliphatic heterocycles. The standard InChI is InChI=1S/C20H18F2O2/c21-16-8-1-4-12-10-14-6-3-7-15-11-13-5-2-9-17(22)19(13)24-20(14,15)23-18(12)16/h1-2,4-5,8-9,14-15H,3,6-7,10-11H2. The molecule has 2 nitrogen and oxygen atoms in total. The average molecular weight is 328 g/mol. The highest BCUT2D eigenvalue weighted by atomic mass is 19.1. The van der Waals surface area contributed by atoms with E-state index in [9.17, 15) is 8.78 Å².